The molecule has 0 bridgehead atoms. The number of nitro groups is 1. The van der Waals surface area contributed by atoms with E-state index >= 15 is 0 Å². The Morgan fingerprint density at radius 3 is 2.45 bits per heavy atom. The maximum atomic E-state index is 12.2. The number of carbonyl (C=O) groups excluding carboxylic acids is 3. The maximum Gasteiger partial charge on any atom is 0.326 e. The van der Waals surface area contributed by atoms with E-state index in [0.29, 0.717) is 5.56 Å². The summed E-state index contributed by atoms with van der Waals surface area (Å²) in [7, 11) is 0. The smallest absolute Gasteiger partial charge is 0.326 e. The molecule has 2 N–H and O–H groups in total. The van der Waals surface area contributed by atoms with Gasteiger partial charge in [-0.05, 0) is 50.1 Å². The van der Waals surface area contributed by atoms with Crippen molar-refractivity contribution in [2.45, 2.75) is 26.9 Å². The van der Waals surface area contributed by atoms with E-state index in [4.69, 9.17) is 4.74 Å². The number of hydrogen-bond acceptors (Lipinski definition) is 6. The number of nitrogens with zero attached hydrogens (tertiary/aromatic N) is 1. The summed E-state index contributed by atoms with van der Waals surface area (Å²) >= 11 is 0. The van der Waals surface area contributed by atoms with Gasteiger partial charge in [0.1, 0.15) is 12.2 Å². The number of carbonyl (C=O) groups is 3. The molecule has 0 heterocycles. The van der Waals surface area contributed by atoms with E-state index in [0.717, 1.165) is 11.1 Å². The van der Waals surface area contributed by atoms with Gasteiger partial charge in [0, 0.05) is 11.6 Å². The SMILES string of the molecule is Cc1ccc(C(=O)NCC(=O)O[C@@H](C)C(=O)Nc2ccccc2[N+](=O)[O-])cc1C. The molecule has 9 heteroatoms. The molecular formula is C20H21N3O6. The average molecular weight is 399 g/mol. The number of nitro benzene ring substituents is 1. The number of aryl methyl sites for hydroxylation is 2. The molecule has 9 nitrogen and oxygen atoms in total. The molecular weight excluding hydrogens is 378 g/mol. The first-order valence-electron chi connectivity index (χ1n) is 8.78. The van der Waals surface area contributed by atoms with E-state index in [9.17, 15) is 24.5 Å². The van der Waals surface area contributed by atoms with Crippen molar-refractivity contribution in [1.82, 2.24) is 5.32 Å². The molecule has 0 radical (unpaired) electrons. The highest BCUT2D eigenvalue weighted by Gasteiger charge is 2.22. The van der Waals surface area contributed by atoms with Crippen LogP contribution in [0.2, 0.25) is 0 Å². The van der Waals surface area contributed by atoms with Crippen LogP contribution in [0.15, 0.2) is 42.5 Å². The van der Waals surface area contributed by atoms with Gasteiger partial charge in [0.25, 0.3) is 17.5 Å². The van der Waals surface area contributed by atoms with Gasteiger partial charge in [-0.2, -0.15) is 0 Å². The molecule has 0 aromatic heterocycles. The van der Waals surface area contributed by atoms with Crippen molar-refractivity contribution in [3.05, 3.63) is 69.3 Å². The molecule has 0 aliphatic rings. The lowest BCUT2D eigenvalue weighted by Gasteiger charge is -2.14. The van der Waals surface area contributed by atoms with Gasteiger partial charge in [-0.3, -0.25) is 24.5 Å². The molecule has 0 aliphatic heterocycles. The number of benzene rings is 2. The van der Waals surface area contributed by atoms with Crippen LogP contribution in [0, 0.1) is 24.0 Å². The fourth-order valence-electron chi connectivity index (χ4n) is 2.40. The van der Waals surface area contributed by atoms with Gasteiger partial charge in [-0.1, -0.05) is 18.2 Å². The van der Waals surface area contributed by atoms with Crippen LogP contribution in [-0.2, 0) is 14.3 Å². The average Bonchev–Trinajstić information content (AvgIpc) is 2.68. The molecule has 2 rings (SSSR count). The third kappa shape index (κ3) is 5.86. The lowest BCUT2D eigenvalue weighted by atomic mass is 10.1. The maximum absolute atomic E-state index is 12.2. The molecule has 2 aromatic carbocycles. The Morgan fingerprint density at radius 1 is 1.10 bits per heavy atom. The van der Waals surface area contributed by atoms with Gasteiger partial charge >= 0.3 is 5.97 Å². The minimum atomic E-state index is -1.21. The topological polar surface area (TPSA) is 128 Å². The van der Waals surface area contributed by atoms with Gasteiger partial charge < -0.3 is 15.4 Å². The van der Waals surface area contributed by atoms with Crippen LogP contribution >= 0.6 is 0 Å². The van der Waals surface area contributed by atoms with E-state index in [2.05, 4.69) is 10.6 Å². The lowest BCUT2D eigenvalue weighted by molar-refractivity contribution is -0.383. The number of nitrogens with one attached hydrogen (secondary N) is 2. The van der Waals surface area contributed by atoms with Gasteiger partial charge in [-0.15, -0.1) is 0 Å². The van der Waals surface area contributed by atoms with Crippen LogP contribution in [0.5, 0.6) is 0 Å². The van der Waals surface area contributed by atoms with E-state index < -0.39 is 35.4 Å². The van der Waals surface area contributed by atoms with Crippen LogP contribution in [0.4, 0.5) is 11.4 Å². The predicted octanol–water partition coefficient (Wildman–Crippen LogP) is 2.51. The zero-order valence-corrected chi connectivity index (χ0v) is 16.2. The first-order valence-corrected chi connectivity index (χ1v) is 8.78. The molecule has 0 fully saturated rings. The number of esters is 1. The predicted molar refractivity (Wildman–Crippen MR) is 106 cm³/mol. The Kier molecular flexibility index (Phi) is 7.02. The second-order valence-electron chi connectivity index (χ2n) is 6.38. The van der Waals surface area contributed by atoms with E-state index in [1.807, 2.05) is 13.8 Å². The van der Waals surface area contributed by atoms with Gasteiger partial charge in [-0.25, -0.2) is 0 Å². The van der Waals surface area contributed by atoms with Crippen molar-refractivity contribution < 1.29 is 24.0 Å². The highest BCUT2D eigenvalue weighted by molar-refractivity contribution is 5.98. The Hall–Kier alpha value is -3.75. The molecule has 0 saturated carbocycles. The van der Waals surface area contributed by atoms with Crippen molar-refractivity contribution in [2.24, 2.45) is 0 Å². The minimum absolute atomic E-state index is 0.00607. The van der Waals surface area contributed by atoms with Crippen molar-refractivity contribution in [3.8, 4) is 0 Å². The van der Waals surface area contributed by atoms with Gasteiger partial charge in [0.15, 0.2) is 6.10 Å². The summed E-state index contributed by atoms with van der Waals surface area (Å²) in [5.74, 6) is -1.98. The molecule has 2 aromatic rings. The quantitative estimate of drug-likeness (QED) is 0.418. The van der Waals surface area contributed by atoms with E-state index in [-0.39, 0.29) is 11.4 Å². The van der Waals surface area contributed by atoms with Crippen LogP contribution in [-0.4, -0.2) is 35.4 Å². The van der Waals surface area contributed by atoms with Crippen molar-refractivity contribution in [3.63, 3.8) is 0 Å². The molecule has 152 valence electrons. The van der Waals surface area contributed by atoms with E-state index in [1.165, 1.54) is 31.2 Å². The normalized spacial score (nSPS) is 11.3. The standard InChI is InChI=1S/C20H21N3O6/c1-12-8-9-15(10-13(12)2)20(26)21-11-18(24)29-14(3)19(25)22-16-6-4-5-7-17(16)23(27)28/h4-10,14H,11H2,1-3H3,(H,21,26)(H,22,25)/t14-/m0/s1. The van der Waals surface area contributed by atoms with Crippen LogP contribution in [0.3, 0.4) is 0 Å². The lowest BCUT2D eigenvalue weighted by Crippen LogP contribution is -2.36. The first kappa shape index (κ1) is 21.5. The van der Waals surface area contributed by atoms with E-state index in [1.54, 1.807) is 18.2 Å². The third-order valence-corrected chi connectivity index (χ3v) is 4.20. The molecule has 1 atom stereocenters. The fraction of sp³-hybridized carbons (Fsp3) is 0.250. The van der Waals surface area contributed by atoms with Crippen molar-refractivity contribution >= 4 is 29.2 Å². The second-order valence-corrected chi connectivity index (χ2v) is 6.38. The number of rotatable bonds is 7. The van der Waals surface area contributed by atoms with Crippen molar-refractivity contribution in [2.75, 3.05) is 11.9 Å². The van der Waals surface area contributed by atoms with Gasteiger partial charge in [0.2, 0.25) is 0 Å². The number of anilines is 1. The molecule has 0 aliphatic carbocycles. The summed E-state index contributed by atoms with van der Waals surface area (Å²) in [6.45, 7) is 4.70. The highest BCUT2D eigenvalue weighted by Crippen LogP contribution is 2.23. The molecule has 0 saturated heterocycles. The first-order chi connectivity index (χ1) is 13.7. The highest BCUT2D eigenvalue weighted by atomic mass is 16.6. The molecule has 0 spiro atoms. The number of hydrogen-bond donors (Lipinski definition) is 2. The summed E-state index contributed by atoms with van der Waals surface area (Å²) in [5.41, 5.74) is 2.11. The molecule has 2 amide bonds. The van der Waals surface area contributed by atoms with Gasteiger partial charge in [0.05, 0.1) is 4.92 Å². The van der Waals surface area contributed by atoms with Crippen LogP contribution < -0.4 is 10.6 Å². The summed E-state index contributed by atoms with van der Waals surface area (Å²) in [5, 5.41) is 15.8. The second kappa shape index (κ2) is 9.45. The largest absolute Gasteiger partial charge is 0.451 e. The zero-order valence-electron chi connectivity index (χ0n) is 16.2. The zero-order chi connectivity index (χ0) is 21.6. The number of para-hydroxylation sites is 2. The Morgan fingerprint density at radius 2 is 1.79 bits per heavy atom. The van der Waals surface area contributed by atoms with Crippen molar-refractivity contribution in [1.29, 1.82) is 0 Å². The molecule has 0 unspecified atom stereocenters. The Labute approximate surface area is 167 Å². The van der Waals surface area contributed by atoms with Crippen LogP contribution in [0.1, 0.15) is 28.4 Å². The summed E-state index contributed by atoms with van der Waals surface area (Å²) in [6, 6.07) is 10.8. The Balaban J connectivity index is 1.88. The third-order valence-electron chi connectivity index (χ3n) is 4.20. The number of ether oxygens (including phenoxy) is 1. The summed E-state index contributed by atoms with van der Waals surface area (Å²) in [6.07, 6.45) is -1.21. The summed E-state index contributed by atoms with van der Waals surface area (Å²) < 4.78 is 4.98. The molecule has 29 heavy (non-hydrogen) atoms. The monoisotopic (exact) mass is 399 g/mol. The van der Waals surface area contributed by atoms with Crippen LogP contribution in [0.25, 0.3) is 0 Å². The fourth-order valence-corrected chi connectivity index (χ4v) is 2.40. The Bertz CT molecular complexity index is 957. The summed E-state index contributed by atoms with van der Waals surface area (Å²) in [4.78, 5) is 46.5. The minimum Gasteiger partial charge on any atom is -0.451 e. The number of amides is 2.